The Labute approximate surface area is 82.0 Å². The molecule has 0 fully saturated rings. The Morgan fingerprint density at radius 1 is 0.846 bits per heavy atom. The predicted molar refractivity (Wildman–Crippen MR) is 54.4 cm³/mol. The topological polar surface area (TPSA) is 38.7 Å². The molecule has 0 aromatic heterocycles. The maximum atomic E-state index is 7.57. The van der Waals surface area contributed by atoms with Gasteiger partial charge in [0.1, 0.15) is 0 Å². The van der Waals surface area contributed by atoms with Crippen LogP contribution in [0.1, 0.15) is 48.5 Å². The van der Waals surface area contributed by atoms with E-state index < -0.39 is 0 Å². The molecule has 0 bridgehead atoms. The highest BCUT2D eigenvalue weighted by atomic mass is 17.2. The lowest BCUT2D eigenvalue weighted by Crippen LogP contribution is -2.27. The van der Waals surface area contributed by atoms with Gasteiger partial charge in [-0.25, -0.2) is 9.78 Å². The van der Waals surface area contributed by atoms with E-state index in [4.69, 9.17) is 14.9 Å². The van der Waals surface area contributed by atoms with Crippen LogP contribution in [-0.4, -0.2) is 22.9 Å². The van der Waals surface area contributed by atoms with Crippen molar-refractivity contribution in [3.8, 4) is 0 Å². The Hall–Kier alpha value is -0.120. The molecule has 0 atom stereocenters. The molecule has 0 aliphatic carbocycles. The van der Waals surface area contributed by atoms with Crippen LogP contribution in [-0.2, 0) is 9.78 Å². The highest BCUT2D eigenvalue weighted by Crippen LogP contribution is 2.14. The summed E-state index contributed by atoms with van der Waals surface area (Å²) in [6.07, 6.45) is 0. The second-order valence-electron chi connectivity index (χ2n) is 4.71. The van der Waals surface area contributed by atoms with Crippen LogP contribution in [0.2, 0.25) is 0 Å². The molecule has 82 valence electrons. The van der Waals surface area contributed by atoms with E-state index in [1.165, 1.54) is 0 Å². The van der Waals surface area contributed by atoms with Crippen molar-refractivity contribution >= 4 is 0 Å². The Kier molecular flexibility index (Phi) is 7.50. The van der Waals surface area contributed by atoms with Crippen LogP contribution in [0.3, 0.4) is 0 Å². The van der Waals surface area contributed by atoms with Gasteiger partial charge in [-0.05, 0) is 48.5 Å². The van der Waals surface area contributed by atoms with Crippen molar-refractivity contribution in [2.45, 2.75) is 59.7 Å². The summed E-state index contributed by atoms with van der Waals surface area (Å²) < 4.78 is 0. The minimum atomic E-state index is -0.215. The van der Waals surface area contributed by atoms with Gasteiger partial charge >= 0.3 is 0 Å². The fourth-order valence-electron chi connectivity index (χ4n) is 0.250. The molecule has 3 heteroatoms. The summed E-state index contributed by atoms with van der Waals surface area (Å²) in [7, 11) is 0. The zero-order chi connectivity index (χ0) is 11.1. The first kappa shape index (κ1) is 15.4. The maximum absolute atomic E-state index is 7.57. The smallest absolute Gasteiger partial charge is 0.0952 e. The number of aliphatic hydroxyl groups is 1. The Bertz CT molecular complexity index is 94.3. The summed E-state index contributed by atoms with van der Waals surface area (Å²) in [6, 6.07) is 0. The number of rotatable bonds is 1. The molecule has 0 aromatic rings. The zero-order valence-corrected chi connectivity index (χ0v) is 9.97. The number of hydrogen-bond donors (Lipinski definition) is 1. The van der Waals surface area contributed by atoms with E-state index >= 15 is 0 Å². The molecule has 1 N–H and O–H groups in total. The van der Waals surface area contributed by atoms with Crippen LogP contribution in [0.15, 0.2) is 0 Å². The van der Waals surface area contributed by atoms with Crippen LogP contribution in [0.4, 0.5) is 0 Å². The number of hydrogen-bond acceptors (Lipinski definition) is 3. The molecule has 0 amide bonds. The van der Waals surface area contributed by atoms with E-state index in [2.05, 4.69) is 0 Å². The summed E-state index contributed by atoms with van der Waals surface area (Å²) >= 11 is 0. The number of aliphatic hydroxyl groups excluding tert-OH is 1. The van der Waals surface area contributed by atoms with Crippen molar-refractivity contribution in [3.63, 3.8) is 0 Å². The average molecular weight is 192 g/mol. The first-order valence-corrected chi connectivity index (χ1v) is 4.60. The van der Waals surface area contributed by atoms with Crippen LogP contribution < -0.4 is 0 Å². The molecule has 0 heterocycles. The highest BCUT2D eigenvalue weighted by molar-refractivity contribution is 4.58. The third-order valence-electron chi connectivity index (χ3n) is 0.542. The molecule has 0 aromatic carbocycles. The largest absolute Gasteiger partial charge is 0.397 e. The van der Waals surface area contributed by atoms with Gasteiger partial charge in [0.25, 0.3) is 0 Å². The third kappa shape index (κ3) is 24.5. The first-order valence-electron chi connectivity index (χ1n) is 4.60. The van der Waals surface area contributed by atoms with Crippen molar-refractivity contribution in [2.75, 3.05) is 6.61 Å². The van der Waals surface area contributed by atoms with Crippen LogP contribution in [0.5, 0.6) is 0 Å². The Morgan fingerprint density at radius 2 is 1.00 bits per heavy atom. The van der Waals surface area contributed by atoms with Crippen LogP contribution >= 0.6 is 0 Å². The van der Waals surface area contributed by atoms with Crippen molar-refractivity contribution in [1.82, 2.24) is 0 Å². The molecule has 0 rings (SSSR count). The highest BCUT2D eigenvalue weighted by Gasteiger charge is 2.18. The van der Waals surface area contributed by atoms with Crippen molar-refractivity contribution < 1.29 is 14.9 Å². The SMILES string of the molecule is CC(C)(C)OOC(C)(C)C.CCO. The minimum Gasteiger partial charge on any atom is -0.397 e. The minimum absolute atomic E-state index is 0.215. The van der Waals surface area contributed by atoms with Gasteiger partial charge in [0.15, 0.2) is 0 Å². The second kappa shape index (κ2) is 6.35. The van der Waals surface area contributed by atoms with Gasteiger partial charge in [-0.3, -0.25) is 0 Å². The summed E-state index contributed by atoms with van der Waals surface area (Å²) in [5.41, 5.74) is -0.430. The molecular weight excluding hydrogens is 168 g/mol. The van der Waals surface area contributed by atoms with Gasteiger partial charge in [-0.2, -0.15) is 0 Å². The second-order valence-corrected chi connectivity index (χ2v) is 4.71. The van der Waals surface area contributed by atoms with Gasteiger partial charge in [0, 0.05) is 6.61 Å². The Morgan fingerprint density at radius 3 is 1.08 bits per heavy atom. The summed E-state index contributed by atoms with van der Waals surface area (Å²) in [5.74, 6) is 0. The average Bonchev–Trinajstić information content (AvgIpc) is 1.82. The molecule has 0 spiro atoms. The van der Waals surface area contributed by atoms with E-state index in [0.717, 1.165) is 0 Å². The quantitative estimate of drug-likeness (QED) is 0.512. The molecule has 0 aliphatic heterocycles. The molecule has 0 saturated heterocycles. The molecule has 13 heavy (non-hydrogen) atoms. The lowest BCUT2D eigenvalue weighted by atomic mass is 10.2. The van der Waals surface area contributed by atoms with Crippen LogP contribution in [0, 0.1) is 0 Å². The van der Waals surface area contributed by atoms with E-state index in [-0.39, 0.29) is 17.8 Å². The van der Waals surface area contributed by atoms with Gasteiger partial charge in [-0.15, -0.1) is 0 Å². The van der Waals surface area contributed by atoms with E-state index in [0.29, 0.717) is 0 Å². The molecule has 0 radical (unpaired) electrons. The predicted octanol–water partition coefficient (Wildman–Crippen LogP) is 2.53. The summed E-state index contributed by atoms with van der Waals surface area (Å²) in [5, 5.41) is 7.57. The summed E-state index contributed by atoms with van der Waals surface area (Å²) in [4.78, 5) is 10.2. The molecule has 0 saturated carbocycles. The van der Waals surface area contributed by atoms with Crippen molar-refractivity contribution in [2.24, 2.45) is 0 Å². The normalized spacial score (nSPS) is 12.0. The van der Waals surface area contributed by atoms with Crippen molar-refractivity contribution in [3.05, 3.63) is 0 Å². The van der Waals surface area contributed by atoms with Crippen LogP contribution in [0.25, 0.3) is 0 Å². The molecule has 0 unspecified atom stereocenters. The van der Waals surface area contributed by atoms with Gasteiger partial charge in [0.2, 0.25) is 0 Å². The molecular formula is C10H24O3. The molecule has 3 nitrogen and oxygen atoms in total. The van der Waals surface area contributed by atoms with Crippen molar-refractivity contribution in [1.29, 1.82) is 0 Å². The fraction of sp³-hybridized carbons (Fsp3) is 1.00. The van der Waals surface area contributed by atoms with E-state index in [1.807, 2.05) is 41.5 Å². The van der Waals surface area contributed by atoms with E-state index in [1.54, 1.807) is 6.92 Å². The van der Waals surface area contributed by atoms with E-state index in [9.17, 15) is 0 Å². The fourth-order valence-corrected chi connectivity index (χ4v) is 0.250. The maximum Gasteiger partial charge on any atom is 0.0952 e. The first-order chi connectivity index (χ1) is 5.62. The lowest BCUT2D eigenvalue weighted by Gasteiger charge is -2.24. The third-order valence-corrected chi connectivity index (χ3v) is 0.542. The van der Waals surface area contributed by atoms with Gasteiger partial charge in [-0.1, -0.05) is 0 Å². The van der Waals surface area contributed by atoms with Gasteiger partial charge in [0.05, 0.1) is 11.2 Å². The zero-order valence-electron chi connectivity index (χ0n) is 9.97. The Balaban J connectivity index is 0. The monoisotopic (exact) mass is 192 g/mol. The summed E-state index contributed by atoms with van der Waals surface area (Å²) in [6.45, 7) is 13.7. The standard InChI is InChI=1S/C8H18O2.C2H6O/c1-7(2,3)9-10-8(4,5)6;1-2-3/h1-6H3;3H,2H2,1H3. The lowest BCUT2D eigenvalue weighted by molar-refractivity contribution is -0.393. The molecule has 0 aliphatic rings. The van der Waals surface area contributed by atoms with Gasteiger partial charge < -0.3 is 5.11 Å².